The molecular formula is C21H24FN3O3. The van der Waals surface area contributed by atoms with Gasteiger partial charge in [0.15, 0.2) is 0 Å². The number of primary amides is 1. The summed E-state index contributed by atoms with van der Waals surface area (Å²) < 4.78 is 13.9. The van der Waals surface area contributed by atoms with Crippen LogP contribution in [0, 0.1) is 12.7 Å². The van der Waals surface area contributed by atoms with Gasteiger partial charge in [-0.1, -0.05) is 48.0 Å². The van der Waals surface area contributed by atoms with Gasteiger partial charge in [0.2, 0.25) is 17.7 Å². The number of aryl methyl sites for hydroxylation is 1. The highest BCUT2D eigenvalue weighted by Gasteiger charge is 2.26. The molecule has 3 amide bonds. The fourth-order valence-corrected chi connectivity index (χ4v) is 2.79. The number of amides is 3. The average Bonchev–Trinajstić information content (AvgIpc) is 2.63. The van der Waals surface area contributed by atoms with Gasteiger partial charge in [0.05, 0.1) is 0 Å². The smallest absolute Gasteiger partial charge is 0.243 e. The number of benzene rings is 2. The van der Waals surface area contributed by atoms with Crippen molar-refractivity contribution in [3.05, 3.63) is 71.0 Å². The van der Waals surface area contributed by atoms with Crippen LogP contribution in [0.3, 0.4) is 0 Å². The van der Waals surface area contributed by atoms with E-state index in [-0.39, 0.29) is 18.4 Å². The van der Waals surface area contributed by atoms with Crippen molar-refractivity contribution in [2.75, 3.05) is 0 Å². The van der Waals surface area contributed by atoms with Crippen molar-refractivity contribution >= 4 is 17.7 Å². The van der Waals surface area contributed by atoms with Gasteiger partial charge in [-0.05, 0) is 24.1 Å². The van der Waals surface area contributed by atoms with Crippen LogP contribution in [-0.2, 0) is 27.2 Å². The number of hydrogen-bond acceptors (Lipinski definition) is 3. The molecule has 0 fully saturated rings. The summed E-state index contributed by atoms with van der Waals surface area (Å²) in [6.07, 6.45) is 0.169. The first-order valence-corrected chi connectivity index (χ1v) is 8.92. The molecule has 0 unspecified atom stereocenters. The van der Waals surface area contributed by atoms with Crippen molar-refractivity contribution in [1.29, 1.82) is 0 Å². The lowest BCUT2D eigenvalue weighted by Gasteiger charge is -2.22. The Morgan fingerprint density at radius 1 is 0.964 bits per heavy atom. The largest absolute Gasteiger partial charge is 0.368 e. The molecule has 2 aromatic carbocycles. The Bertz CT molecular complexity index is 852. The normalized spacial score (nSPS) is 12.7. The van der Waals surface area contributed by atoms with Crippen LogP contribution < -0.4 is 16.4 Å². The summed E-state index contributed by atoms with van der Waals surface area (Å²) in [5.74, 6) is -2.21. The molecule has 0 bridgehead atoms. The van der Waals surface area contributed by atoms with Crippen LogP contribution in [0.1, 0.15) is 23.6 Å². The van der Waals surface area contributed by atoms with Gasteiger partial charge in [-0.15, -0.1) is 0 Å². The van der Waals surface area contributed by atoms with Crippen molar-refractivity contribution in [2.24, 2.45) is 5.73 Å². The molecule has 2 rings (SSSR count). The van der Waals surface area contributed by atoms with E-state index in [0.29, 0.717) is 0 Å². The Morgan fingerprint density at radius 2 is 1.61 bits per heavy atom. The van der Waals surface area contributed by atoms with E-state index in [9.17, 15) is 18.8 Å². The lowest BCUT2D eigenvalue weighted by atomic mass is 10.0. The molecule has 0 radical (unpaired) electrons. The maximum atomic E-state index is 13.9. The van der Waals surface area contributed by atoms with Gasteiger partial charge in [-0.2, -0.15) is 0 Å². The summed E-state index contributed by atoms with van der Waals surface area (Å²) >= 11 is 0. The highest BCUT2D eigenvalue weighted by molar-refractivity contribution is 5.91. The third-order valence-corrected chi connectivity index (χ3v) is 4.30. The van der Waals surface area contributed by atoms with E-state index in [1.807, 2.05) is 31.2 Å². The third kappa shape index (κ3) is 6.19. The molecule has 0 aliphatic carbocycles. The van der Waals surface area contributed by atoms with E-state index in [2.05, 4.69) is 10.6 Å². The maximum Gasteiger partial charge on any atom is 0.243 e. The summed E-state index contributed by atoms with van der Waals surface area (Å²) in [5, 5.41) is 5.08. The van der Waals surface area contributed by atoms with Gasteiger partial charge < -0.3 is 16.4 Å². The number of nitrogens with one attached hydrogen (secondary N) is 2. The number of carbonyl (C=O) groups is 3. The zero-order chi connectivity index (χ0) is 20.7. The Morgan fingerprint density at radius 3 is 2.18 bits per heavy atom. The van der Waals surface area contributed by atoms with Crippen molar-refractivity contribution in [1.82, 2.24) is 10.6 Å². The maximum absolute atomic E-state index is 13.9. The molecule has 4 N–H and O–H groups in total. The van der Waals surface area contributed by atoms with Crippen LogP contribution in [0.4, 0.5) is 4.39 Å². The lowest BCUT2D eigenvalue weighted by molar-refractivity contribution is -0.130. The SMILES string of the molecule is CC(=O)N[C@H](Cc1ccccc1F)C(=O)N[C@@H](Cc1ccc(C)cc1)C(N)=O. The molecule has 6 nitrogen and oxygen atoms in total. The molecule has 0 spiro atoms. The second-order valence-electron chi connectivity index (χ2n) is 6.70. The summed E-state index contributed by atoms with van der Waals surface area (Å²) in [7, 11) is 0. The predicted octanol–water partition coefficient (Wildman–Crippen LogP) is 1.39. The molecule has 0 saturated carbocycles. The van der Waals surface area contributed by atoms with E-state index in [0.717, 1.165) is 11.1 Å². The van der Waals surface area contributed by atoms with Crippen molar-refractivity contribution in [2.45, 2.75) is 38.8 Å². The van der Waals surface area contributed by atoms with E-state index < -0.39 is 35.6 Å². The fraction of sp³-hybridized carbons (Fsp3) is 0.286. The molecule has 0 heterocycles. The van der Waals surface area contributed by atoms with Crippen LogP contribution >= 0.6 is 0 Å². The van der Waals surface area contributed by atoms with Crippen molar-refractivity contribution in [3.63, 3.8) is 0 Å². The molecule has 0 aliphatic heterocycles. The third-order valence-electron chi connectivity index (χ3n) is 4.30. The van der Waals surface area contributed by atoms with Gasteiger partial charge in [-0.3, -0.25) is 14.4 Å². The van der Waals surface area contributed by atoms with E-state index in [1.165, 1.54) is 25.1 Å². The van der Waals surface area contributed by atoms with Crippen molar-refractivity contribution < 1.29 is 18.8 Å². The first-order chi connectivity index (χ1) is 13.3. The van der Waals surface area contributed by atoms with Gasteiger partial charge in [-0.25, -0.2) is 4.39 Å². The number of hydrogen-bond donors (Lipinski definition) is 3. The van der Waals surface area contributed by atoms with Crippen molar-refractivity contribution in [3.8, 4) is 0 Å². The first kappa shape index (κ1) is 21.1. The minimum atomic E-state index is -1.03. The summed E-state index contributed by atoms with van der Waals surface area (Å²) in [6.45, 7) is 3.21. The molecule has 0 aromatic heterocycles. The highest BCUT2D eigenvalue weighted by Crippen LogP contribution is 2.11. The average molecular weight is 385 g/mol. The van der Waals surface area contributed by atoms with Crippen LogP contribution in [0.5, 0.6) is 0 Å². The standard InChI is InChI=1S/C21H24FN3O3/c1-13-7-9-15(10-8-13)11-18(20(23)27)25-21(28)19(24-14(2)26)12-16-5-3-4-6-17(16)22/h3-10,18-19H,11-12H2,1-2H3,(H2,23,27)(H,24,26)(H,25,28)/t18-,19+/m0/s1. The molecule has 2 atom stereocenters. The summed E-state index contributed by atoms with van der Waals surface area (Å²) in [6, 6.07) is 11.5. The minimum absolute atomic E-state index is 0.0475. The Kier molecular flexibility index (Phi) is 7.26. The second kappa shape index (κ2) is 9.64. The lowest BCUT2D eigenvalue weighted by Crippen LogP contribution is -2.54. The molecule has 28 heavy (non-hydrogen) atoms. The first-order valence-electron chi connectivity index (χ1n) is 8.92. The van der Waals surface area contributed by atoms with E-state index in [1.54, 1.807) is 6.07 Å². The zero-order valence-corrected chi connectivity index (χ0v) is 15.9. The van der Waals surface area contributed by atoms with Crippen LogP contribution in [0.25, 0.3) is 0 Å². The fourth-order valence-electron chi connectivity index (χ4n) is 2.79. The van der Waals surface area contributed by atoms with Gasteiger partial charge in [0.25, 0.3) is 0 Å². The highest BCUT2D eigenvalue weighted by atomic mass is 19.1. The molecular weight excluding hydrogens is 361 g/mol. The zero-order valence-electron chi connectivity index (χ0n) is 15.9. The van der Waals surface area contributed by atoms with E-state index in [4.69, 9.17) is 5.73 Å². The Labute approximate surface area is 163 Å². The molecule has 0 aliphatic rings. The molecule has 2 aromatic rings. The van der Waals surface area contributed by atoms with Gasteiger partial charge >= 0.3 is 0 Å². The molecule has 7 heteroatoms. The number of rotatable bonds is 8. The summed E-state index contributed by atoms with van der Waals surface area (Å²) in [5.41, 5.74) is 7.62. The molecule has 148 valence electrons. The van der Waals surface area contributed by atoms with Gasteiger partial charge in [0.1, 0.15) is 17.9 Å². The topological polar surface area (TPSA) is 101 Å². The second-order valence-corrected chi connectivity index (χ2v) is 6.70. The van der Waals surface area contributed by atoms with Gasteiger partial charge in [0, 0.05) is 19.8 Å². The number of nitrogens with two attached hydrogens (primary N) is 1. The minimum Gasteiger partial charge on any atom is -0.368 e. The number of carbonyl (C=O) groups excluding carboxylic acids is 3. The van der Waals surface area contributed by atoms with Crippen LogP contribution in [0.2, 0.25) is 0 Å². The Balaban J connectivity index is 2.14. The predicted molar refractivity (Wildman–Crippen MR) is 104 cm³/mol. The van der Waals surface area contributed by atoms with Crippen LogP contribution in [0.15, 0.2) is 48.5 Å². The Hall–Kier alpha value is -3.22. The monoisotopic (exact) mass is 385 g/mol. The van der Waals surface area contributed by atoms with E-state index >= 15 is 0 Å². The summed E-state index contributed by atoms with van der Waals surface area (Å²) in [4.78, 5) is 36.0. The number of halogens is 1. The van der Waals surface area contributed by atoms with Crippen LogP contribution in [-0.4, -0.2) is 29.8 Å². The quantitative estimate of drug-likeness (QED) is 0.640. The molecule has 0 saturated heterocycles.